The second-order valence-electron chi connectivity index (χ2n) is 5.29. The molecule has 1 saturated heterocycles. The van der Waals surface area contributed by atoms with Crippen molar-refractivity contribution in [2.75, 3.05) is 18.0 Å². The first-order chi connectivity index (χ1) is 10.4. The molecule has 1 unspecified atom stereocenters. The molecule has 21 heavy (non-hydrogen) atoms. The van der Waals surface area contributed by atoms with Gasteiger partial charge in [-0.25, -0.2) is 4.98 Å². The number of para-hydroxylation sites is 1. The fourth-order valence-corrected chi connectivity index (χ4v) is 2.87. The Morgan fingerprint density at radius 2 is 1.90 bits per heavy atom. The van der Waals surface area contributed by atoms with Gasteiger partial charge < -0.3 is 9.15 Å². The molecule has 2 aromatic rings. The third-order valence-corrected chi connectivity index (χ3v) is 3.91. The lowest BCUT2D eigenvalue weighted by atomic mass is 10.3. The predicted molar refractivity (Wildman–Crippen MR) is 79.1 cm³/mol. The van der Waals surface area contributed by atoms with E-state index in [9.17, 15) is 0 Å². The molecule has 4 rings (SSSR count). The highest BCUT2D eigenvalue weighted by molar-refractivity contribution is 5.64. The summed E-state index contributed by atoms with van der Waals surface area (Å²) in [6.45, 7) is 2.12. The summed E-state index contributed by atoms with van der Waals surface area (Å²) >= 11 is 0. The summed E-state index contributed by atoms with van der Waals surface area (Å²) in [7, 11) is 0. The quantitative estimate of drug-likeness (QED) is 0.866. The largest absolute Gasteiger partial charge is 0.451 e. The van der Waals surface area contributed by atoms with Gasteiger partial charge in [0.25, 0.3) is 0 Å². The van der Waals surface area contributed by atoms with Gasteiger partial charge in [0.2, 0.25) is 6.35 Å². The van der Waals surface area contributed by atoms with Crippen molar-refractivity contribution in [3.05, 3.63) is 54.9 Å². The molecule has 2 aliphatic heterocycles. The molecule has 3 heterocycles. The van der Waals surface area contributed by atoms with Crippen molar-refractivity contribution in [1.29, 1.82) is 0 Å². The second-order valence-corrected chi connectivity index (χ2v) is 5.29. The van der Waals surface area contributed by atoms with Gasteiger partial charge in [0.15, 0.2) is 17.9 Å². The highest BCUT2D eigenvalue weighted by Gasteiger charge is 2.35. The van der Waals surface area contributed by atoms with Crippen molar-refractivity contribution in [3.8, 4) is 0 Å². The van der Waals surface area contributed by atoms with Gasteiger partial charge in [0.05, 0.1) is 12.4 Å². The minimum Gasteiger partial charge on any atom is -0.451 e. The number of hydrogen-bond donors (Lipinski definition) is 0. The number of nitrogens with zero attached hydrogens (tertiary/aromatic N) is 3. The fourth-order valence-electron chi connectivity index (χ4n) is 2.87. The van der Waals surface area contributed by atoms with E-state index in [2.05, 4.69) is 26.9 Å². The van der Waals surface area contributed by atoms with Crippen molar-refractivity contribution in [2.45, 2.75) is 19.2 Å². The molecule has 5 heteroatoms. The first-order valence-corrected chi connectivity index (χ1v) is 7.26. The van der Waals surface area contributed by atoms with Crippen LogP contribution in [0.25, 0.3) is 5.76 Å². The van der Waals surface area contributed by atoms with Crippen LogP contribution in [0.1, 0.15) is 18.6 Å². The summed E-state index contributed by atoms with van der Waals surface area (Å²) in [5.74, 6) is 1.39. The van der Waals surface area contributed by atoms with Crippen molar-refractivity contribution >= 4 is 11.4 Å². The number of oxazole rings is 1. The maximum Gasteiger partial charge on any atom is 0.236 e. The maximum absolute atomic E-state index is 6.14. The first kappa shape index (κ1) is 12.5. The van der Waals surface area contributed by atoms with E-state index in [1.807, 2.05) is 24.4 Å². The molecule has 0 spiro atoms. The van der Waals surface area contributed by atoms with Crippen LogP contribution in [0.15, 0.2) is 53.5 Å². The van der Waals surface area contributed by atoms with Crippen LogP contribution in [0.4, 0.5) is 5.69 Å². The number of ether oxygens (including phenoxy) is 1. The molecule has 0 saturated carbocycles. The lowest BCUT2D eigenvalue weighted by molar-refractivity contribution is 0.0370. The van der Waals surface area contributed by atoms with Crippen LogP contribution in [0, 0.1) is 0 Å². The van der Waals surface area contributed by atoms with Gasteiger partial charge in [-0.05, 0) is 25.0 Å². The van der Waals surface area contributed by atoms with E-state index in [-0.39, 0.29) is 6.35 Å². The molecule has 0 N–H and O–H groups in total. The highest BCUT2D eigenvalue weighted by Crippen LogP contribution is 2.33. The molecule has 0 aliphatic carbocycles. The summed E-state index contributed by atoms with van der Waals surface area (Å²) in [5.41, 5.74) is 1.11. The van der Waals surface area contributed by atoms with E-state index >= 15 is 0 Å². The Labute approximate surface area is 123 Å². The Balaban J connectivity index is 1.67. The average Bonchev–Trinajstić information content (AvgIpc) is 3.27. The number of aromatic nitrogens is 1. The van der Waals surface area contributed by atoms with Crippen molar-refractivity contribution < 1.29 is 9.15 Å². The standard InChI is InChI=1S/C16H17N3O2/c1-2-6-13(7-3-1)19-11-15(14-10-17-12-20-14)21-16(19)18-8-4-5-9-18/h1-3,6-7,10-12,16H,4-5,8-9H2. The first-order valence-electron chi connectivity index (χ1n) is 7.26. The monoisotopic (exact) mass is 283 g/mol. The molecule has 1 atom stereocenters. The molecule has 1 aromatic carbocycles. The lowest BCUT2D eigenvalue weighted by Gasteiger charge is -2.31. The van der Waals surface area contributed by atoms with Gasteiger partial charge in [0.1, 0.15) is 0 Å². The van der Waals surface area contributed by atoms with Gasteiger partial charge >= 0.3 is 0 Å². The molecule has 1 fully saturated rings. The molecule has 1 aromatic heterocycles. The summed E-state index contributed by atoms with van der Waals surface area (Å²) in [6, 6.07) is 10.3. The minimum absolute atomic E-state index is 0.102. The van der Waals surface area contributed by atoms with E-state index in [4.69, 9.17) is 9.15 Å². The molecular weight excluding hydrogens is 266 g/mol. The van der Waals surface area contributed by atoms with Crippen molar-refractivity contribution in [3.63, 3.8) is 0 Å². The van der Waals surface area contributed by atoms with Gasteiger partial charge in [-0.2, -0.15) is 0 Å². The Kier molecular flexibility index (Phi) is 3.12. The Morgan fingerprint density at radius 1 is 1.10 bits per heavy atom. The van der Waals surface area contributed by atoms with E-state index in [0.717, 1.165) is 24.5 Å². The Morgan fingerprint density at radius 3 is 2.62 bits per heavy atom. The average molecular weight is 283 g/mol. The van der Waals surface area contributed by atoms with E-state index < -0.39 is 0 Å². The fraction of sp³-hybridized carbons (Fsp3) is 0.312. The highest BCUT2D eigenvalue weighted by atomic mass is 16.5. The molecule has 2 aliphatic rings. The van der Waals surface area contributed by atoms with Crippen LogP contribution >= 0.6 is 0 Å². The van der Waals surface area contributed by atoms with Gasteiger partial charge in [-0.3, -0.25) is 9.80 Å². The zero-order valence-corrected chi connectivity index (χ0v) is 11.7. The Bertz CT molecular complexity index is 618. The van der Waals surface area contributed by atoms with Crippen LogP contribution in [0.5, 0.6) is 0 Å². The minimum atomic E-state index is -0.102. The number of benzene rings is 1. The summed E-state index contributed by atoms with van der Waals surface area (Å²) < 4.78 is 11.5. The summed E-state index contributed by atoms with van der Waals surface area (Å²) in [6.07, 6.45) is 7.45. The third-order valence-electron chi connectivity index (χ3n) is 3.91. The predicted octanol–water partition coefficient (Wildman–Crippen LogP) is 2.89. The summed E-state index contributed by atoms with van der Waals surface area (Å²) in [4.78, 5) is 8.48. The number of anilines is 1. The number of rotatable bonds is 3. The van der Waals surface area contributed by atoms with Crippen LogP contribution in [-0.2, 0) is 4.74 Å². The zero-order chi connectivity index (χ0) is 14.1. The smallest absolute Gasteiger partial charge is 0.236 e. The van der Waals surface area contributed by atoms with Crippen LogP contribution in [-0.4, -0.2) is 29.3 Å². The lowest BCUT2D eigenvalue weighted by Crippen LogP contribution is -2.43. The van der Waals surface area contributed by atoms with Crippen LogP contribution < -0.4 is 4.90 Å². The van der Waals surface area contributed by atoms with Crippen LogP contribution in [0.3, 0.4) is 0 Å². The molecule has 0 amide bonds. The zero-order valence-electron chi connectivity index (χ0n) is 11.7. The molecule has 108 valence electrons. The second kappa shape index (κ2) is 5.26. The van der Waals surface area contributed by atoms with Crippen LogP contribution in [0.2, 0.25) is 0 Å². The molecular formula is C16H17N3O2. The van der Waals surface area contributed by atoms with Crippen molar-refractivity contribution in [1.82, 2.24) is 9.88 Å². The van der Waals surface area contributed by atoms with Crippen molar-refractivity contribution in [2.24, 2.45) is 0 Å². The van der Waals surface area contributed by atoms with E-state index in [1.54, 1.807) is 6.20 Å². The van der Waals surface area contributed by atoms with E-state index in [0.29, 0.717) is 5.76 Å². The maximum atomic E-state index is 6.14. The molecule has 5 nitrogen and oxygen atoms in total. The molecule has 0 bridgehead atoms. The number of likely N-dealkylation sites (tertiary alicyclic amines) is 1. The number of hydrogen-bond acceptors (Lipinski definition) is 5. The van der Waals surface area contributed by atoms with Gasteiger partial charge in [-0.1, -0.05) is 18.2 Å². The topological polar surface area (TPSA) is 41.7 Å². The van der Waals surface area contributed by atoms with Gasteiger partial charge in [-0.15, -0.1) is 0 Å². The van der Waals surface area contributed by atoms with Gasteiger partial charge in [0, 0.05) is 18.8 Å². The molecule has 0 radical (unpaired) electrons. The third kappa shape index (κ3) is 2.29. The SMILES string of the molecule is C1=C(c2cnco2)OC(N2CCCC2)N1c1ccccc1. The Hall–Kier alpha value is -2.27. The summed E-state index contributed by atoms with van der Waals surface area (Å²) in [5, 5.41) is 0. The van der Waals surface area contributed by atoms with E-state index in [1.165, 1.54) is 19.2 Å². The normalized spacial score (nSPS) is 22.4.